The zero-order valence-electron chi connectivity index (χ0n) is 15.6. The molecule has 144 valence electrons. The van der Waals surface area contributed by atoms with Crippen LogP contribution in [0.3, 0.4) is 0 Å². The van der Waals surface area contributed by atoms with Gasteiger partial charge in [-0.05, 0) is 61.3 Å². The van der Waals surface area contributed by atoms with Crippen LogP contribution in [0.25, 0.3) is 0 Å². The monoisotopic (exact) mass is 370 g/mol. The number of carbonyl (C=O) groups excluding carboxylic acids is 1. The third kappa shape index (κ3) is 2.68. The molecule has 1 saturated heterocycles. The number of non-ortho nitro benzene ring substituents is 1. The van der Waals surface area contributed by atoms with Gasteiger partial charge in [-0.1, -0.05) is 12.1 Å². The molecule has 6 rings (SSSR count). The minimum Gasteiger partial charge on any atom is -0.378 e. The lowest BCUT2D eigenvalue weighted by atomic mass is 9.42. The molecule has 5 fully saturated rings. The van der Waals surface area contributed by atoms with Crippen LogP contribution < -0.4 is 0 Å². The van der Waals surface area contributed by atoms with Gasteiger partial charge in [-0.3, -0.25) is 14.9 Å². The van der Waals surface area contributed by atoms with Gasteiger partial charge in [-0.15, -0.1) is 0 Å². The molecular weight excluding hydrogens is 344 g/mol. The number of nitro groups is 1. The number of benzene rings is 1. The van der Waals surface area contributed by atoms with Crippen molar-refractivity contribution in [1.29, 1.82) is 0 Å². The van der Waals surface area contributed by atoms with Crippen LogP contribution in [0.5, 0.6) is 0 Å². The smallest absolute Gasteiger partial charge is 0.269 e. The predicted molar refractivity (Wildman–Crippen MR) is 99.3 cm³/mol. The van der Waals surface area contributed by atoms with Crippen LogP contribution in [0.2, 0.25) is 0 Å². The number of rotatable bonds is 3. The van der Waals surface area contributed by atoms with Gasteiger partial charge >= 0.3 is 0 Å². The van der Waals surface area contributed by atoms with Crippen LogP contribution in [0.15, 0.2) is 24.3 Å². The highest BCUT2D eigenvalue weighted by Crippen LogP contribution is 2.66. The average molecular weight is 370 g/mol. The molecule has 27 heavy (non-hydrogen) atoms. The number of carbonyl (C=O) groups is 1. The fraction of sp³-hybridized carbons (Fsp3) is 0.667. The number of ether oxygens (including phenoxy) is 1. The molecule has 2 atom stereocenters. The van der Waals surface area contributed by atoms with E-state index < -0.39 is 0 Å². The first-order chi connectivity index (χ1) is 13.0. The first-order valence-electron chi connectivity index (χ1n) is 10.1. The maximum atomic E-state index is 13.5. The number of hydrogen-bond donors (Lipinski definition) is 0. The Morgan fingerprint density at radius 2 is 1.70 bits per heavy atom. The van der Waals surface area contributed by atoms with Gasteiger partial charge in [0.2, 0.25) is 5.91 Å². The molecule has 0 N–H and O–H groups in total. The Hall–Kier alpha value is -1.95. The summed E-state index contributed by atoms with van der Waals surface area (Å²) >= 11 is 0. The van der Waals surface area contributed by atoms with E-state index in [-0.39, 0.29) is 21.4 Å². The molecule has 1 amide bonds. The summed E-state index contributed by atoms with van der Waals surface area (Å²) in [5, 5.41) is 11.0. The molecule has 1 aromatic carbocycles. The first-order valence-corrected chi connectivity index (χ1v) is 10.1. The van der Waals surface area contributed by atoms with Gasteiger partial charge in [0.05, 0.1) is 23.6 Å². The van der Waals surface area contributed by atoms with Crippen molar-refractivity contribution in [3.8, 4) is 0 Å². The molecule has 1 aromatic rings. The second kappa shape index (κ2) is 6.03. The number of nitro benzene ring substituents is 1. The van der Waals surface area contributed by atoms with E-state index in [0.717, 1.165) is 32.1 Å². The Kier molecular flexibility index (Phi) is 3.83. The SMILES string of the molecule is O=C(N1CCOCC1)C12C[C@@H]3C[C@@H](C1)CC(c1ccc([N+](=O)[O-])cc1)(C3)C2. The van der Waals surface area contributed by atoms with Crippen LogP contribution in [-0.4, -0.2) is 42.0 Å². The zero-order chi connectivity index (χ0) is 18.6. The summed E-state index contributed by atoms with van der Waals surface area (Å²) in [6.45, 7) is 2.70. The van der Waals surface area contributed by atoms with Crippen LogP contribution in [0.4, 0.5) is 5.69 Å². The third-order valence-corrected chi connectivity index (χ3v) is 7.50. The highest BCUT2D eigenvalue weighted by molar-refractivity contribution is 5.83. The van der Waals surface area contributed by atoms with E-state index in [1.165, 1.54) is 12.0 Å². The maximum Gasteiger partial charge on any atom is 0.269 e. The summed E-state index contributed by atoms with van der Waals surface area (Å²) in [7, 11) is 0. The summed E-state index contributed by atoms with van der Waals surface area (Å²) in [4.78, 5) is 26.3. The quantitative estimate of drug-likeness (QED) is 0.604. The van der Waals surface area contributed by atoms with E-state index in [1.54, 1.807) is 12.1 Å². The van der Waals surface area contributed by atoms with E-state index in [9.17, 15) is 14.9 Å². The summed E-state index contributed by atoms with van der Waals surface area (Å²) in [5.41, 5.74) is 1.12. The lowest BCUT2D eigenvalue weighted by Crippen LogP contribution is -2.60. The van der Waals surface area contributed by atoms with Gasteiger partial charge in [0.25, 0.3) is 5.69 Å². The summed E-state index contributed by atoms with van der Waals surface area (Å²) in [5.74, 6) is 1.55. The predicted octanol–water partition coefficient (Wildman–Crippen LogP) is 3.29. The van der Waals surface area contributed by atoms with Crippen LogP contribution in [0, 0.1) is 27.4 Å². The van der Waals surface area contributed by atoms with Crippen molar-refractivity contribution in [2.45, 2.75) is 43.9 Å². The standard InChI is InChI=1S/C21H26N2O4/c24-19(22-5-7-27-8-6-22)21-12-15-9-16(13-21)11-20(10-15,14-21)17-1-3-18(4-2-17)23(25)26/h1-4,15-16H,5-14H2/t15-,16-,20?,21?/m1/s1. The van der Waals surface area contributed by atoms with E-state index >= 15 is 0 Å². The topological polar surface area (TPSA) is 72.7 Å². The molecule has 0 radical (unpaired) electrons. The number of nitrogens with zero attached hydrogens (tertiary/aromatic N) is 2. The minimum atomic E-state index is -0.340. The Bertz CT molecular complexity index is 755. The molecule has 1 heterocycles. The highest BCUT2D eigenvalue weighted by Gasteiger charge is 2.61. The van der Waals surface area contributed by atoms with E-state index in [1.807, 2.05) is 17.0 Å². The van der Waals surface area contributed by atoms with Crippen LogP contribution >= 0.6 is 0 Å². The minimum absolute atomic E-state index is 0.0150. The van der Waals surface area contributed by atoms with Gasteiger partial charge in [0.1, 0.15) is 0 Å². The number of amides is 1. The van der Waals surface area contributed by atoms with Gasteiger partial charge in [0.15, 0.2) is 0 Å². The molecule has 4 aliphatic carbocycles. The van der Waals surface area contributed by atoms with Crippen molar-refractivity contribution in [3.05, 3.63) is 39.9 Å². The Balaban J connectivity index is 1.48. The van der Waals surface area contributed by atoms with Crippen LogP contribution in [-0.2, 0) is 14.9 Å². The van der Waals surface area contributed by atoms with Crippen molar-refractivity contribution >= 4 is 11.6 Å². The van der Waals surface area contributed by atoms with Crippen molar-refractivity contribution in [1.82, 2.24) is 4.90 Å². The Morgan fingerprint density at radius 3 is 2.30 bits per heavy atom. The first kappa shape index (κ1) is 17.2. The normalized spacial score (nSPS) is 37.4. The van der Waals surface area contributed by atoms with Crippen LogP contribution in [0.1, 0.15) is 44.1 Å². The van der Waals surface area contributed by atoms with Gasteiger partial charge in [-0.2, -0.15) is 0 Å². The highest BCUT2D eigenvalue weighted by atomic mass is 16.6. The van der Waals surface area contributed by atoms with E-state index in [0.29, 0.717) is 44.0 Å². The fourth-order valence-corrected chi connectivity index (χ4v) is 6.89. The molecular formula is C21H26N2O4. The van der Waals surface area contributed by atoms with Crippen molar-refractivity contribution < 1.29 is 14.5 Å². The molecule has 4 saturated carbocycles. The summed E-state index contributed by atoms with van der Waals surface area (Å²) < 4.78 is 5.44. The average Bonchev–Trinajstić information content (AvgIpc) is 2.67. The fourth-order valence-electron chi connectivity index (χ4n) is 6.89. The molecule has 4 bridgehead atoms. The number of hydrogen-bond acceptors (Lipinski definition) is 4. The molecule has 5 aliphatic rings. The molecule has 0 unspecified atom stereocenters. The van der Waals surface area contributed by atoms with E-state index in [4.69, 9.17) is 4.74 Å². The van der Waals surface area contributed by atoms with Gasteiger partial charge < -0.3 is 9.64 Å². The lowest BCUT2D eigenvalue weighted by Gasteiger charge is -2.62. The second-order valence-corrected chi connectivity index (χ2v) is 9.23. The molecule has 6 nitrogen and oxygen atoms in total. The summed E-state index contributed by atoms with van der Waals surface area (Å²) in [6.07, 6.45) is 6.44. The van der Waals surface area contributed by atoms with Gasteiger partial charge in [-0.25, -0.2) is 0 Å². The number of morpholine rings is 1. The van der Waals surface area contributed by atoms with Crippen molar-refractivity contribution in [3.63, 3.8) is 0 Å². The Labute approximate surface area is 159 Å². The van der Waals surface area contributed by atoms with E-state index in [2.05, 4.69) is 0 Å². The third-order valence-electron chi connectivity index (χ3n) is 7.50. The molecule has 0 spiro atoms. The summed E-state index contributed by atoms with van der Waals surface area (Å²) in [6, 6.07) is 7.14. The van der Waals surface area contributed by atoms with Crippen molar-refractivity contribution in [2.24, 2.45) is 17.3 Å². The second-order valence-electron chi connectivity index (χ2n) is 9.23. The molecule has 0 aromatic heterocycles. The Morgan fingerprint density at radius 1 is 1.07 bits per heavy atom. The molecule has 6 heteroatoms. The van der Waals surface area contributed by atoms with Gasteiger partial charge in [0, 0.05) is 25.2 Å². The van der Waals surface area contributed by atoms with Crippen molar-refractivity contribution in [2.75, 3.05) is 26.3 Å². The lowest BCUT2D eigenvalue weighted by molar-refractivity contribution is -0.384. The molecule has 1 aliphatic heterocycles. The zero-order valence-corrected chi connectivity index (χ0v) is 15.6. The maximum absolute atomic E-state index is 13.5. The largest absolute Gasteiger partial charge is 0.378 e.